The van der Waals surface area contributed by atoms with Gasteiger partial charge < -0.3 is 13.9 Å². The molecular formula is C58H38N2O. The predicted octanol–water partition coefficient (Wildman–Crippen LogP) is 16.3. The molecule has 286 valence electrons. The molecule has 10 aromatic carbocycles. The lowest BCUT2D eigenvalue weighted by atomic mass is 9.90. The van der Waals surface area contributed by atoms with E-state index in [4.69, 9.17) is 4.42 Å². The van der Waals surface area contributed by atoms with Gasteiger partial charge in [0.1, 0.15) is 11.2 Å². The summed E-state index contributed by atoms with van der Waals surface area (Å²) in [5.41, 5.74) is 15.5. The number of hydrogen-bond acceptors (Lipinski definition) is 2. The molecule has 0 saturated heterocycles. The summed E-state index contributed by atoms with van der Waals surface area (Å²) in [7, 11) is 0. The fourth-order valence-electron chi connectivity index (χ4n) is 9.27. The van der Waals surface area contributed by atoms with Gasteiger partial charge in [0.15, 0.2) is 0 Å². The molecule has 0 aliphatic rings. The summed E-state index contributed by atoms with van der Waals surface area (Å²) in [5.74, 6) is 0. The van der Waals surface area contributed by atoms with Crippen molar-refractivity contribution in [2.75, 3.05) is 4.90 Å². The maximum absolute atomic E-state index is 6.31. The van der Waals surface area contributed by atoms with Crippen molar-refractivity contribution in [3.05, 3.63) is 231 Å². The molecule has 0 saturated carbocycles. The molecular weight excluding hydrogens is 741 g/mol. The summed E-state index contributed by atoms with van der Waals surface area (Å²) in [6.07, 6.45) is 0. The third-order valence-corrected chi connectivity index (χ3v) is 12.1. The number of rotatable bonds is 7. The number of para-hydroxylation sites is 4. The molecule has 0 unspecified atom stereocenters. The minimum Gasteiger partial charge on any atom is -0.456 e. The maximum atomic E-state index is 6.31. The van der Waals surface area contributed by atoms with Crippen LogP contribution in [-0.2, 0) is 0 Å². The van der Waals surface area contributed by atoms with E-state index in [0.29, 0.717) is 0 Å². The van der Waals surface area contributed by atoms with E-state index in [1.165, 1.54) is 32.6 Å². The van der Waals surface area contributed by atoms with Crippen LogP contribution in [0.5, 0.6) is 0 Å². The van der Waals surface area contributed by atoms with E-state index < -0.39 is 0 Å². The van der Waals surface area contributed by atoms with Gasteiger partial charge in [0.2, 0.25) is 0 Å². The van der Waals surface area contributed by atoms with E-state index in [9.17, 15) is 0 Å². The molecule has 12 aromatic rings. The molecule has 0 fully saturated rings. The van der Waals surface area contributed by atoms with Crippen LogP contribution in [0, 0.1) is 0 Å². The topological polar surface area (TPSA) is 21.3 Å². The van der Waals surface area contributed by atoms with Gasteiger partial charge in [-0.25, -0.2) is 0 Å². The Kier molecular flexibility index (Phi) is 8.17. The van der Waals surface area contributed by atoms with E-state index >= 15 is 0 Å². The van der Waals surface area contributed by atoms with E-state index in [0.717, 1.165) is 78.1 Å². The van der Waals surface area contributed by atoms with Crippen LogP contribution in [0.25, 0.3) is 93.6 Å². The average Bonchev–Trinajstić information content (AvgIpc) is 3.87. The highest BCUT2D eigenvalue weighted by Gasteiger charge is 2.19. The predicted molar refractivity (Wildman–Crippen MR) is 257 cm³/mol. The van der Waals surface area contributed by atoms with Crippen LogP contribution >= 0.6 is 0 Å². The van der Waals surface area contributed by atoms with Gasteiger partial charge in [-0.2, -0.15) is 0 Å². The Morgan fingerprint density at radius 2 is 0.951 bits per heavy atom. The van der Waals surface area contributed by atoms with Crippen LogP contribution in [0.2, 0.25) is 0 Å². The third kappa shape index (κ3) is 5.98. The number of nitrogens with zero attached hydrogens (tertiary/aromatic N) is 2. The molecule has 0 atom stereocenters. The summed E-state index contributed by atoms with van der Waals surface area (Å²) < 4.78 is 8.70. The van der Waals surface area contributed by atoms with Crippen molar-refractivity contribution in [3.8, 4) is 39.1 Å². The summed E-state index contributed by atoms with van der Waals surface area (Å²) in [5, 5.41) is 7.15. The standard InChI is InChI=1S/C58H38N2O/c1-3-17-45(18-4-1)59(48-30-26-39-14-7-8-15-40(39)34-48)47-21-13-16-43(35-47)49-31-27-41(36-53(49)44-29-33-58-54(37-44)52-23-10-12-25-57(52)61-58)42-28-32-51-50-22-9-11-24-55(50)60(56(51)38-42)46-19-5-2-6-20-46/h1-38H. The van der Waals surface area contributed by atoms with Gasteiger partial charge in [-0.05, 0) is 129 Å². The lowest BCUT2D eigenvalue weighted by molar-refractivity contribution is 0.669. The lowest BCUT2D eigenvalue weighted by Gasteiger charge is -2.26. The zero-order valence-corrected chi connectivity index (χ0v) is 33.2. The molecule has 0 N–H and O–H groups in total. The maximum Gasteiger partial charge on any atom is 0.135 e. The molecule has 3 nitrogen and oxygen atoms in total. The van der Waals surface area contributed by atoms with Crippen LogP contribution in [-0.4, -0.2) is 4.57 Å². The van der Waals surface area contributed by atoms with E-state index in [1.807, 2.05) is 12.1 Å². The number of furan rings is 1. The first-order chi connectivity index (χ1) is 30.2. The SMILES string of the molecule is c1ccc(N(c2cccc(-c3ccc(-c4ccc5c6ccccc6n(-c6ccccc6)c5c4)cc3-c3ccc4oc5ccccc5c4c3)c2)c2ccc3ccccc3c2)cc1. The van der Waals surface area contributed by atoms with Gasteiger partial charge in [0.25, 0.3) is 0 Å². The molecule has 12 rings (SSSR count). The second kappa shape index (κ2) is 14.3. The van der Waals surface area contributed by atoms with Crippen LogP contribution in [0.3, 0.4) is 0 Å². The Labute approximate surface area is 353 Å². The monoisotopic (exact) mass is 778 g/mol. The highest BCUT2D eigenvalue weighted by molar-refractivity contribution is 6.11. The number of hydrogen-bond donors (Lipinski definition) is 0. The van der Waals surface area contributed by atoms with Crippen molar-refractivity contribution in [1.29, 1.82) is 0 Å². The number of aromatic nitrogens is 1. The fraction of sp³-hybridized carbons (Fsp3) is 0. The van der Waals surface area contributed by atoms with Crippen molar-refractivity contribution in [3.63, 3.8) is 0 Å². The Balaban J connectivity index is 1.05. The van der Waals surface area contributed by atoms with E-state index in [-0.39, 0.29) is 0 Å². The summed E-state index contributed by atoms with van der Waals surface area (Å²) in [6.45, 7) is 0. The number of benzene rings is 10. The zero-order valence-electron chi connectivity index (χ0n) is 33.2. The molecule has 61 heavy (non-hydrogen) atoms. The summed E-state index contributed by atoms with van der Waals surface area (Å²) in [6, 6.07) is 83.1. The fourth-order valence-corrected chi connectivity index (χ4v) is 9.27. The quantitative estimate of drug-likeness (QED) is 0.161. The normalized spacial score (nSPS) is 11.6. The Hall–Kier alpha value is -8.14. The van der Waals surface area contributed by atoms with Gasteiger partial charge in [-0.3, -0.25) is 0 Å². The van der Waals surface area contributed by atoms with Gasteiger partial charge in [-0.1, -0.05) is 146 Å². The van der Waals surface area contributed by atoms with E-state index in [1.54, 1.807) is 0 Å². The van der Waals surface area contributed by atoms with Crippen molar-refractivity contribution >= 4 is 71.6 Å². The smallest absolute Gasteiger partial charge is 0.135 e. The molecule has 2 heterocycles. The summed E-state index contributed by atoms with van der Waals surface area (Å²) >= 11 is 0. The van der Waals surface area contributed by atoms with Crippen LogP contribution in [0.15, 0.2) is 235 Å². The van der Waals surface area contributed by atoms with Crippen LogP contribution < -0.4 is 4.90 Å². The second-order valence-corrected chi connectivity index (χ2v) is 15.7. The molecule has 0 bridgehead atoms. The van der Waals surface area contributed by atoms with E-state index in [2.05, 4.69) is 228 Å². The van der Waals surface area contributed by atoms with Crippen molar-refractivity contribution in [2.24, 2.45) is 0 Å². The molecule has 0 aliphatic carbocycles. The molecule has 0 radical (unpaired) electrons. The van der Waals surface area contributed by atoms with Gasteiger partial charge in [0.05, 0.1) is 11.0 Å². The van der Waals surface area contributed by atoms with Crippen molar-refractivity contribution < 1.29 is 4.42 Å². The van der Waals surface area contributed by atoms with Crippen LogP contribution in [0.1, 0.15) is 0 Å². The molecule has 0 spiro atoms. The van der Waals surface area contributed by atoms with Crippen molar-refractivity contribution in [1.82, 2.24) is 4.57 Å². The Bertz CT molecular complexity index is 3600. The Morgan fingerprint density at radius 3 is 1.84 bits per heavy atom. The second-order valence-electron chi connectivity index (χ2n) is 15.7. The van der Waals surface area contributed by atoms with Gasteiger partial charge in [-0.15, -0.1) is 0 Å². The average molecular weight is 779 g/mol. The summed E-state index contributed by atoms with van der Waals surface area (Å²) in [4.78, 5) is 2.36. The molecule has 2 aromatic heterocycles. The highest BCUT2D eigenvalue weighted by atomic mass is 16.3. The highest BCUT2D eigenvalue weighted by Crippen LogP contribution is 2.43. The minimum atomic E-state index is 0.887. The Morgan fingerprint density at radius 1 is 0.311 bits per heavy atom. The largest absolute Gasteiger partial charge is 0.456 e. The first kappa shape index (κ1) is 34.9. The zero-order chi connectivity index (χ0) is 40.3. The van der Waals surface area contributed by atoms with Crippen LogP contribution in [0.4, 0.5) is 17.1 Å². The molecule has 0 amide bonds. The molecule has 0 aliphatic heterocycles. The van der Waals surface area contributed by atoms with Crippen molar-refractivity contribution in [2.45, 2.75) is 0 Å². The first-order valence-corrected chi connectivity index (χ1v) is 20.8. The van der Waals surface area contributed by atoms with Gasteiger partial charge >= 0.3 is 0 Å². The number of anilines is 3. The number of fused-ring (bicyclic) bond motifs is 7. The molecule has 3 heteroatoms. The first-order valence-electron chi connectivity index (χ1n) is 20.8. The lowest BCUT2D eigenvalue weighted by Crippen LogP contribution is -2.09. The van der Waals surface area contributed by atoms with Gasteiger partial charge in [0, 0.05) is 44.3 Å². The minimum absolute atomic E-state index is 0.887. The third-order valence-electron chi connectivity index (χ3n) is 12.1.